The first-order chi connectivity index (χ1) is 7.53. The van der Waals surface area contributed by atoms with Gasteiger partial charge >= 0.3 is 0 Å². The third kappa shape index (κ3) is 5.01. The average Bonchev–Trinajstić information content (AvgIpc) is 2.23. The van der Waals surface area contributed by atoms with Crippen LogP contribution in [-0.4, -0.2) is 36.1 Å². The zero-order valence-electron chi connectivity index (χ0n) is 11.3. The summed E-state index contributed by atoms with van der Waals surface area (Å²) in [4.78, 5) is 2.53. The topological polar surface area (TPSA) is 15.3 Å². The lowest BCUT2D eigenvalue weighted by Crippen LogP contribution is -2.49. The summed E-state index contributed by atoms with van der Waals surface area (Å²) < 4.78 is 0. The molecule has 1 N–H and O–H groups in total. The van der Waals surface area contributed by atoms with Gasteiger partial charge in [0.2, 0.25) is 0 Å². The second-order valence-corrected chi connectivity index (χ2v) is 5.68. The molecule has 1 saturated heterocycles. The molecule has 2 heteroatoms. The Morgan fingerprint density at radius 3 is 2.69 bits per heavy atom. The number of nitrogens with one attached hydrogen (secondary N) is 1. The molecule has 2 nitrogen and oxygen atoms in total. The van der Waals surface area contributed by atoms with E-state index < -0.39 is 0 Å². The molecule has 1 aliphatic rings. The standard InChI is InChI=1S/C14H26N2/c1-5-6-10-16-11-8-7-9-13(16)12-15-14(2,3)4/h13,15H,7-12H2,1-4H3. The van der Waals surface area contributed by atoms with Crippen LogP contribution in [0.25, 0.3) is 0 Å². The van der Waals surface area contributed by atoms with E-state index in [2.05, 4.69) is 42.8 Å². The third-order valence-corrected chi connectivity index (χ3v) is 3.08. The van der Waals surface area contributed by atoms with Crippen LogP contribution in [0.3, 0.4) is 0 Å². The van der Waals surface area contributed by atoms with Gasteiger partial charge in [-0.15, -0.1) is 5.92 Å². The molecule has 0 radical (unpaired) electrons. The van der Waals surface area contributed by atoms with Gasteiger partial charge in [0, 0.05) is 18.1 Å². The van der Waals surface area contributed by atoms with Crippen LogP contribution in [0.2, 0.25) is 0 Å². The first kappa shape index (κ1) is 13.5. The highest BCUT2D eigenvalue weighted by molar-refractivity contribution is 4.99. The molecule has 0 aliphatic carbocycles. The smallest absolute Gasteiger partial charge is 0.0604 e. The van der Waals surface area contributed by atoms with Crippen LogP contribution in [0.15, 0.2) is 0 Å². The minimum absolute atomic E-state index is 0.222. The molecule has 92 valence electrons. The fourth-order valence-corrected chi connectivity index (χ4v) is 2.10. The predicted octanol–water partition coefficient (Wildman–Crippen LogP) is 2.25. The summed E-state index contributed by atoms with van der Waals surface area (Å²) in [6, 6.07) is 0.675. The largest absolute Gasteiger partial charge is 0.311 e. The summed E-state index contributed by atoms with van der Waals surface area (Å²) in [6.45, 7) is 11.9. The Labute approximate surface area is 101 Å². The van der Waals surface area contributed by atoms with E-state index in [9.17, 15) is 0 Å². The Hall–Kier alpha value is -0.520. The van der Waals surface area contributed by atoms with Crippen molar-refractivity contribution in [3.05, 3.63) is 0 Å². The first-order valence-electron chi connectivity index (χ1n) is 6.41. The minimum Gasteiger partial charge on any atom is -0.311 e. The van der Waals surface area contributed by atoms with E-state index in [1.807, 2.05) is 6.92 Å². The summed E-state index contributed by atoms with van der Waals surface area (Å²) in [7, 11) is 0. The van der Waals surface area contributed by atoms with Gasteiger partial charge in [-0.05, 0) is 47.1 Å². The maximum atomic E-state index is 3.61. The third-order valence-electron chi connectivity index (χ3n) is 3.08. The van der Waals surface area contributed by atoms with Crippen molar-refractivity contribution in [2.24, 2.45) is 0 Å². The van der Waals surface area contributed by atoms with Crippen molar-refractivity contribution in [3.63, 3.8) is 0 Å². The summed E-state index contributed by atoms with van der Waals surface area (Å²) >= 11 is 0. The highest BCUT2D eigenvalue weighted by Gasteiger charge is 2.22. The highest BCUT2D eigenvalue weighted by atomic mass is 15.2. The van der Waals surface area contributed by atoms with E-state index in [-0.39, 0.29) is 5.54 Å². The number of piperidine rings is 1. The molecular weight excluding hydrogens is 196 g/mol. The molecule has 0 spiro atoms. The molecule has 0 bridgehead atoms. The monoisotopic (exact) mass is 222 g/mol. The van der Waals surface area contributed by atoms with Crippen LogP contribution < -0.4 is 5.32 Å². The van der Waals surface area contributed by atoms with Crippen LogP contribution in [-0.2, 0) is 0 Å². The molecule has 16 heavy (non-hydrogen) atoms. The van der Waals surface area contributed by atoms with Gasteiger partial charge in [0.25, 0.3) is 0 Å². The number of hydrogen-bond donors (Lipinski definition) is 1. The van der Waals surface area contributed by atoms with Crippen molar-refractivity contribution in [1.29, 1.82) is 0 Å². The SMILES string of the molecule is CC#CCN1CCCCC1CNC(C)(C)C. The van der Waals surface area contributed by atoms with Gasteiger partial charge in [-0.25, -0.2) is 0 Å². The Kier molecular flexibility index (Phi) is 5.31. The molecule has 1 aliphatic heterocycles. The lowest BCUT2D eigenvalue weighted by molar-refractivity contribution is 0.156. The van der Waals surface area contributed by atoms with E-state index in [1.165, 1.54) is 25.8 Å². The molecule has 0 aromatic carbocycles. The first-order valence-corrected chi connectivity index (χ1v) is 6.41. The molecule has 0 saturated carbocycles. The second-order valence-electron chi connectivity index (χ2n) is 5.68. The number of rotatable bonds is 3. The molecular formula is C14H26N2. The van der Waals surface area contributed by atoms with E-state index in [0.717, 1.165) is 13.1 Å². The quantitative estimate of drug-likeness (QED) is 0.737. The second kappa shape index (κ2) is 6.27. The van der Waals surface area contributed by atoms with Gasteiger partial charge < -0.3 is 5.32 Å². The molecule has 1 fully saturated rings. The summed E-state index contributed by atoms with van der Waals surface area (Å²) in [5.41, 5.74) is 0.222. The summed E-state index contributed by atoms with van der Waals surface area (Å²) in [5, 5.41) is 3.61. The molecule has 0 aromatic heterocycles. The fourth-order valence-electron chi connectivity index (χ4n) is 2.10. The van der Waals surface area contributed by atoms with Crippen molar-refractivity contribution in [2.45, 2.75) is 58.5 Å². The Bertz CT molecular complexity index is 254. The maximum Gasteiger partial charge on any atom is 0.0604 e. The average molecular weight is 222 g/mol. The number of likely N-dealkylation sites (tertiary alicyclic amines) is 1. The molecule has 1 unspecified atom stereocenters. The maximum absolute atomic E-state index is 3.61. The number of nitrogens with zero attached hydrogens (tertiary/aromatic N) is 1. The van der Waals surface area contributed by atoms with E-state index in [4.69, 9.17) is 0 Å². The van der Waals surface area contributed by atoms with Crippen molar-refractivity contribution in [1.82, 2.24) is 10.2 Å². The van der Waals surface area contributed by atoms with Crippen molar-refractivity contribution in [3.8, 4) is 11.8 Å². The van der Waals surface area contributed by atoms with Crippen LogP contribution in [0.4, 0.5) is 0 Å². The van der Waals surface area contributed by atoms with Crippen LogP contribution in [0, 0.1) is 11.8 Å². The molecule has 0 amide bonds. The van der Waals surface area contributed by atoms with Crippen LogP contribution >= 0.6 is 0 Å². The molecule has 1 heterocycles. The Morgan fingerprint density at radius 2 is 2.06 bits per heavy atom. The zero-order chi connectivity index (χ0) is 12.0. The zero-order valence-corrected chi connectivity index (χ0v) is 11.3. The Morgan fingerprint density at radius 1 is 1.31 bits per heavy atom. The van der Waals surface area contributed by atoms with E-state index in [0.29, 0.717) is 6.04 Å². The van der Waals surface area contributed by atoms with Gasteiger partial charge in [0.1, 0.15) is 0 Å². The highest BCUT2D eigenvalue weighted by Crippen LogP contribution is 2.16. The van der Waals surface area contributed by atoms with Crippen molar-refractivity contribution >= 4 is 0 Å². The summed E-state index contributed by atoms with van der Waals surface area (Å²) in [5.74, 6) is 6.19. The van der Waals surface area contributed by atoms with Gasteiger partial charge in [0.15, 0.2) is 0 Å². The fraction of sp³-hybridized carbons (Fsp3) is 0.857. The van der Waals surface area contributed by atoms with Gasteiger partial charge in [0.05, 0.1) is 6.54 Å². The van der Waals surface area contributed by atoms with Crippen LogP contribution in [0.1, 0.15) is 47.0 Å². The normalized spacial score (nSPS) is 22.6. The molecule has 0 aromatic rings. The van der Waals surface area contributed by atoms with E-state index >= 15 is 0 Å². The Balaban J connectivity index is 2.42. The van der Waals surface area contributed by atoms with Crippen molar-refractivity contribution < 1.29 is 0 Å². The lowest BCUT2D eigenvalue weighted by atomic mass is 10.0. The minimum atomic E-state index is 0.222. The molecule has 1 atom stereocenters. The molecule has 1 rings (SSSR count). The van der Waals surface area contributed by atoms with Gasteiger partial charge in [-0.3, -0.25) is 4.90 Å². The van der Waals surface area contributed by atoms with Crippen LogP contribution in [0.5, 0.6) is 0 Å². The number of hydrogen-bond acceptors (Lipinski definition) is 2. The summed E-state index contributed by atoms with van der Waals surface area (Å²) in [6.07, 6.45) is 4.01. The van der Waals surface area contributed by atoms with E-state index in [1.54, 1.807) is 0 Å². The van der Waals surface area contributed by atoms with Gasteiger partial charge in [-0.2, -0.15) is 0 Å². The predicted molar refractivity (Wildman–Crippen MR) is 70.4 cm³/mol. The van der Waals surface area contributed by atoms with Gasteiger partial charge in [-0.1, -0.05) is 12.3 Å². The lowest BCUT2D eigenvalue weighted by Gasteiger charge is -2.36. The van der Waals surface area contributed by atoms with Crippen molar-refractivity contribution in [2.75, 3.05) is 19.6 Å².